The van der Waals surface area contributed by atoms with Gasteiger partial charge in [-0.2, -0.15) is 9.97 Å². The molecule has 3 aromatic carbocycles. The van der Waals surface area contributed by atoms with Crippen LogP contribution < -0.4 is 15.0 Å². The van der Waals surface area contributed by atoms with Gasteiger partial charge in [-0.15, -0.1) is 6.42 Å². The van der Waals surface area contributed by atoms with Crippen molar-refractivity contribution in [3.63, 3.8) is 0 Å². The van der Waals surface area contributed by atoms with Crippen LogP contribution in [-0.4, -0.2) is 77.3 Å². The summed E-state index contributed by atoms with van der Waals surface area (Å²) < 4.78 is 82.3. The van der Waals surface area contributed by atoms with Crippen LogP contribution in [-0.2, 0) is 0 Å². The molecule has 250 valence electrons. The summed E-state index contributed by atoms with van der Waals surface area (Å²) in [7, 11) is 0. The molecule has 0 radical (unpaired) electrons. The minimum atomic E-state index is -2.72. The van der Waals surface area contributed by atoms with Crippen LogP contribution in [0.5, 0.6) is 11.8 Å². The summed E-state index contributed by atoms with van der Waals surface area (Å²) in [6.45, 7) is 2.06. The molecule has 0 amide bonds. The van der Waals surface area contributed by atoms with E-state index in [4.69, 9.17) is 16.1 Å². The number of ether oxygens (including phenoxy) is 1. The Balaban J connectivity index is 1.22. The van der Waals surface area contributed by atoms with Gasteiger partial charge in [0.05, 0.1) is 24.3 Å². The molecule has 2 unspecified atom stereocenters. The molecule has 2 N–H and O–H groups in total. The van der Waals surface area contributed by atoms with Gasteiger partial charge in [-0.05, 0) is 68.3 Å². The molecule has 4 aromatic rings. The van der Waals surface area contributed by atoms with Gasteiger partial charge < -0.3 is 20.1 Å². The van der Waals surface area contributed by atoms with E-state index in [1.54, 1.807) is 4.90 Å². The van der Waals surface area contributed by atoms with Crippen LogP contribution in [0.4, 0.5) is 27.8 Å². The molecule has 0 spiro atoms. The smallest absolute Gasteiger partial charge is 0.319 e. The predicted molar refractivity (Wildman–Crippen MR) is 172 cm³/mol. The number of likely N-dealkylation sites (tertiary alicyclic amines) is 1. The third-order valence-corrected chi connectivity index (χ3v) is 10.3. The number of nitrogens with zero attached hydrogens (tertiary/aromatic N) is 4. The van der Waals surface area contributed by atoms with E-state index in [1.807, 2.05) is 4.90 Å². The number of nitrogens with one attached hydrogen (secondary N) is 1. The van der Waals surface area contributed by atoms with Crippen LogP contribution in [0.25, 0.3) is 32.8 Å². The summed E-state index contributed by atoms with van der Waals surface area (Å²) in [5.41, 5.74) is -1.37. The van der Waals surface area contributed by atoms with Crippen molar-refractivity contribution in [1.29, 1.82) is 0 Å². The highest BCUT2D eigenvalue weighted by molar-refractivity contribution is 6.04. The number of phenolic OH excluding ortho intramolecular Hbond substituents is 1. The number of piperazine rings is 1. The largest absolute Gasteiger partial charge is 0.508 e. The molecule has 12 heteroatoms. The Bertz CT molecular complexity index is 1980. The summed E-state index contributed by atoms with van der Waals surface area (Å²) >= 11 is 0. The first kappa shape index (κ1) is 31.1. The van der Waals surface area contributed by atoms with Gasteiger partial charge in [0.25, 0.3) is 5.92 Å². The van der Waals surface area contributed by atoms with Crippen LogP contribution >= 0.6 is 0 Å². The van der Waals surface area contributed by atoms with Crippen molar-refractivity contribution in [1.82, 2.24) is 20.2 Å². The van der Waals surface area contributed by atoms with E-state index in [2.05, 4.69) is 16.2 Å². The lowest BCUT2D eigenvalue weighted by molar-refractivity contribution is -0.0694. The van der Waals surface area contributed by atoms with Gasteiger partial charge in [0, 0.05) is 59.9 Å². The number of halogens is 5. The minimum Gasteiger partial charge on any atom is -0.508 e. The highest BCUT2D eigenvalue weighted by Gasteiger charge is 2.47. The van der Waals surface area contributed by atoms with E-state index < -0.39 is 28.9 Å². The summed E-state index contributed by atoms with van der Waals surface area (Å²) in [5.74, 6) is -3.11. The van der Waals surface area contributed by atoms with E-state index in [0.29, 0.717) is 43.8 Å². The Labute approximate surface area is 274 Å². The van der Waals surface area contributed by atoms with Crippen molar-refractivity contribution in [3.05, 3.63) is 53.3 Å². The maximum atomic E-state index is 16.9. The van der Waals surface area contributed by atoms with Crippen molar-refractivity contribution in [2.75, 3.05) is 44.2 Å². The third kappa shape index (κ3) is 5.56. The van der Waals surface area contributed by atoms with Crippen molar-refractivity contribution < 1.29 is 31.8 Å². The summed E-state index contributed by atoms with van der Waals surface area (Å²) in [5, 5.41) is 14.6. The number of aromatic nitrogens is 2. The second kappa shape index (κ2) is 11.4. The Kier molecular flexibility index (Phi) is 7.41. The fraction of sp³-hybridized carbons (Fsp3) is 0.444. The number of benzene rings is 3. The average molecular weight is 664 g/mol. The predicted octanol–water partition coefficient (Wildman–Crippen LogP) is 6.38. The zero-order valence-electron chi connectivity index (χ0n) is 26.1. The molecular weight excluding hydrogens is 629 g/mol. The number of aromatic hydroxyl groups is 1. The fourth-order valence-electron chi connectivity index (χ4n) is 7.84. The highest BCUT2D eigenvalue weighted by Crippen LogP contribution is 2.48. The van der Waals surface area contributed by atoms with E-state index in [9.17, 15) is 18.3 Å². The fourth-order valence-corrected chi connectivity index (χ4v) is 7.84. The molecule has 1 saturated carbocycles. The number of fused-ring (bicyclic) bond motifs is 4. The van der Waals surface area contributed by atoms with Gasteiger partial charge in [0.2, 0.25) is 0 Å². The van der Waals surface area contributed by atoms with Gasteiger partial charge in [-0.1, -0.05) is 12.0 Å². The van der Waals surface area contributed by atoms with Gasteiger partial charge >= 0.3 is 6.01 Å². The summed E-state index contributed by atoms with van der Waals surface area (Å²) in [6, 6.07) is 6.48. The lowest BCUT2D eigenvalue weighted by Gasteiger charge is -2.35. The maximum Gasteiger partial charge on any atom is 0.319 e. The standard InChI is InChI=1S/C36H34F5N5O2/c1-2-24-27(37)7-4-20-12-23(47)13-25(29(20)24)30-28(38)14-26-32(31(30)39)43-34(44-33(26)46-15-21-5-6-22(16-46)42-21)48-19-35(9-10-35)17-45-11-3-8-36(40,41)18-45/h1,4,7,12-14,21-22,42,47H,3,5-6,8-11,15-19H2. The first-order chi connectivity index (χ1) is 23.0. The van der Waals surface area contributed by atoms with E-state index >= 15 is 8.78 Å². The maximum absolute atomic E-state index is 16.9. The zero-order chi connectivity index (χ0) is 33.4. The van der Waals surface area contributed by atoms with Gasteiger partial charge in [-0.25, -0.2) is 22.0 Å². The lowest BCUT2D eigenvalue weighted by Crippen LogP contribution is -2.51. The molecule has 48 heavy (non-hydrogen) atoms. The van der Waals surface area contributed by atoms with E-state index in [1.165, 1.54) is 18.2 Å². The van der Waals surface area contributed by atoms with Crippen LogP contribution in [0.2, 0.25) is 0 Å². The molecule has 4 heterocycles. The molecule has 4 fully saturated rings. The number of phenols is 1. The zero-order valence-corrected chi connectivity index (χ0v) is 26.1. The number of rotatable bonds is 7. The Morgan fingerprint density at radius 2 is 1.79 bits per heavy atom. The Morgan fingerprint density at radius 1 is 1.02 bits per heavy atom. The minimum absolute atomic E-state index is 0.0795. The highest BCUT2D eigenvalue weighted by atomic mass is 19.3. The molecule has 2 bridgehead atoms. The molecule has 1 aliphatic carbocycles. The second-order valence-electron chi connectivity index (χ2n) is 13.9. The average Bonchev–Trinajstić information content (AvgIpc) is 3.72. The van der Waals surface area contributed by atoms with Crippen LogP contribution in [0.15, 0.2) is 30.3 Å². The molecule has 7 nitrogen and oxygen atoms in total. The quantitative estimate of drug-likeness (QED) is 0.176. The topological polar surface area (TPSA) is 73.8 Å². The molecule has 3 saturated heterocycles. The third-order valence-electron chi connectivity index (χ3n) is 10.3. The van der Waals surface area contributed by atoms with Crippen molar-refractivity contribution in [3.8, 4) is 35.2 Å². The number of terminal acetylenes is 1. The SMILES string of the molecule is C#Cc1c(F)ccc2cc(O)cc(-c3c(F)cc4c(N5CC6CCC(C5)N6)nc(OCC5(CN6CCCC(F)(F)C6)CC5)nc4c3F)c12. The number of hydrogen-bond donors (Lipinski definition) is 2. The van der Waals surface area contributed by atoms with Crippen LogP contribution in [0.3, 0.4) is 0 Å². The van der Waals surface area contributed by atoms with E-state index in [-0.39, 0.29) is 76.2 Å². The monoisotopic (exact) mass is 663 g/mol. The number of piperidine rings is 1. The Morgan fingerprint density at radius 3 is 2.50 bits per heavy atom. The first-order valence-electron chi connectivity index (χ1n) is 16.4. The molecule has 8 rings (SSSR count). The van der Waals surface area contributed by atoms with Crippen LogP contribution in [0.1, 0.15) is 44.1 Å². The number of hydrogen-bond acceptors (Lipinski definition) is 7. The lowest BCUT2D eigenvalue weighted by atomic mass is 9.92. The molecular formula is C36H34F5N5O2. The summed E-state index contributed by atoms with van der Waals surface area (Å²) in [6.07, 6.45) is 9.47. The number of alkyl halides is 2. The van der Waals surface area contributed by atoms with Gasteiger partial charge in [-0.3, -0.25) is 4.90 Å². The molecule has 4 aliphatic rings. The molecule has 2 atom stereocenters. The summed E-state index contributed by atoms with van der Waals surface area (Å²) in [4.78, 5) is 12.9. The number of anilines is 1. The van der Waals surface area contributed by atoms with Crippen molar-refractivity contribution >= 4 is 27.5 Å². The van der Waals surface area contributed by atoms with Gasteiger partial charge in [0.1, 0.15) is 28.7 Å². The van der Waals surface area contributed by atoms with Crippen molar-refractivity contribution in [2.24, 2.45) is 5.41 Å². The molecule has 1 aromatic heterocycles. The Hall–Kier alpha value is -4.21. The van der Waals surface area contributed by atoms with Crippen LogP contribution in [0, 0.1) is 35.2 Å². The molecule has 3 aliphatic heterocycles. The normalized spacial score (nSPS) is 23.0. The van der Waals surface area contributed by atoms with E-state index in [0.717, 1.165) is 37.8 Å². The van der Waals surface area contributed by atoms with Crippen molar-refractivity contribution in [2.45, 2.75) is 56.5 Å². The second-order valence-corrected chi connectivity index (χ2v) is 13.9. The van der Waals surface area contributed by atoms with Gasteiger partial charge in [0.15, 0.2) is 5.82 Å². The first-order valence-corrected chi connectivity index (χ1v) is 16.4.